The lowest BCUT2D eigenvalue weighted by atomic mass is 10.2. The van der Waals surface area contributed by atoms with Crippen molar-refractivity contribution in [1.82, 2.24) is 15.6 Å². The molecule has 0 fully saturated rings. The first kappa shape index (κ1) is 14.4. The highest BCUT2D eigenvalue weighted by Crippen LogP contribution is 2.10. The second-order valence-corrected chi connectivity index (χ2v) is 5.13. The van der Waals surface area contributed by atoms with Crippen LogP contribution < -0.4 is 10.6 Å². The van der Waals surface area contributed by atoms with Gasteiger partial charge in [-0.05, 0) is 19.8 Å². The smallest absolute Gasteiger partial charge is 0.315 e. The molecule has 0 saturated carbocycles. The molecule has 1 aromatic heterocycles. The van der Waals surface area contributed by atoms with E-state index in [1.54, 1.807) is 17.5 Å². The van der Waals surface area contributed by atoms with Crippen LogP contribution in [0.3, 0.4) is 0 Å². The number of hydrogen-bond acceptors (Lipinski definition) is 4. The molecule has 1 rings (SSSR count). The van der Waals surface area contributed by atoms with Crippen molar-refractivity contribution < 1.29 is 14.7 Å². The number of carbonyl (C=O) groups excluding carboxylic acids is 1. The van der Waals surface area contributed by atoms with Crippen LogP contribution in [0.15, 0.2) is 6.20 Å². The molecule has 0 spiro atoms. The quantitative estimate of drug-likeness (QED) is 0.655. The standard InChI is InChI=1S/C11H17N3O3S/c1-8-13-6-9(18-8)7-14-11(17)12-5-3-2-4-10(15)16/h6H,2-5,7H2,1H3,(H,15,16)(H2,12,14,17). The van der Waals surface area contributed by atoms with Crippen molar-refractivity contribution in [2.24, 2.45) is 0 Å². The zero-order chi connectivity index (χ0) is 13.4. The molecule has 2 amide bonds. The average Bonchev–Trinajstić information content (AvgIpc) is 2.71. The third-order valence-corrected chi connectivity index (χ3v) is 3.11. The summed E-state index contributed by atoms with van der Waals surface area (Å²) in [5.74, 6) is -0.806. The molecule has 1 heterocycles. The molecule has 0 atom stereocenters. The Morgan fingerprint density at radius 1 is 1.39 bits per heavy atom. The molecule has 1 aromatic rings. The number of aryl methyl sites for hydroxylation is 1. The number of nitrogens with zero attached hydrogens (tertiary/aromatic N) is 1. The fourth-order valence-electron chi connectivity index (χ4n) is 1.32. The minimum Gasteiger partial charge on any atom is -0.481 e. The van der Waals surface area contributed by atoms with Gasteiger partial charge in [0, 0.05) is 24.0 Å². The van der Waals surface area contributed by atoms with Gasteiger partial charge in [0.05, 0.1) is 11.6 Å². The molecule has 0 aliphatic heterocycles. The van der Waals surface area contributed by atoms with E-state index >= 15 is 0 Å². The summed E-state index contributed by atoms with van der Waals surface area (Å²) in [6, 6.07) is -0.239. The summed E-state index contributed by atoms with van der Waals surface area (Å²) >= 11 is 1.55. The Hall–Kier alpha value is -1.63. The summed E-state index contributed by atoms with van der Waals surface area (Å²) in [6.45, 7) is 2.87. The van der Waals surface area contributed by atoms with Crippen LogP contribution in [0.5, 0.6) is 0 Å². The van der Waals surface area contributed by atoms with Crippen LogP contribution in [0.2, 0.25) is 0 Å². The molecular weight excluding hydrogens is 254 g/mol. The Labute approximate surface area is 109 Å². The number of amides is 2. The van der Waals surface area contributed by atoms with Gasteiger partial charge in [0.15, 0.2) is 0 Å². The van der Waals surface area contributed by atoms with Gasteiger partial charge in [0.25, 0.3) is 0 Å². The lowest BCUT2D eigenvalue weighted by molar-refractivity contribution is -0.137. The van der Waals surface area contributed by atoms with E-state index in [4.69, 9.17) is 5.11 Å². The molecule has 0 aliphatic carbocycles. The van der Waals surface area contributed by atoms with Crippen molar-refractivity contribution in [3.05, 3.63) is 16.1 Å². The number of aliphatic carboxylic acids is 1. The molecule has 0 aromatic carbocycles. The van der Waals surface area contributed by atoms with Gasteiger partial charge in [-0.1, -0.05) is 0 Å². The van der Waals surface area contributed by atoms with Crippen LogP contribution in [0, 0.1) is 6.92 Å². The molecule has 3 N–H and O–H groups in total. The first-order valence-corrected chi connectivity index (χ1v) is 6.54. The van der Waals surface area contributed by atoms with Crippen molar-refractivity contribution >= 4 is 23.3 Å². The molecular formula is C11H17N3O3S. The van der Waals surface area contributed by atoms with E-state index in [9.17, 15) is 9.59 Å². The zero-order valence-corrected chi connectivity index (χ0v) is 11.0. The third-order valence-electron chi connectivity index (χ3n) is 2.20. The van der Waals surface area contributed by atoms with Gasteiger partial charge in [-0.3, -0.25) is 4.79 Å². The topological polar surface area (TPSA) is 91.3 Å². The number of thiazole rings is 1. The van der Waals surface area contributed by atoms with E-state index < -0.39 is 5.97 Å². The molecule has 6 nitrogen and oxygen atoms in total. The van der Waals surface area contributed by atoms with Crippen molar-refractivity contribution in [3.63, 3.8) is 0 Å². The lowest BCUT2D eigenvalue weighted by Crippen LogP contribution is -2.35. The highest BCUT2D eigenvalue weighted by Gasteiger charge is 2.02. The van der Waals surface area contributed by atoms with Gasteiger partial charge in [-0.25, -0.2) is 9.78 Å². The minimum absolute atomic E-state index is 0.142. The molecule has 0 aliphatic rings. The first-order valence-electron chi connectivity index (χ1n) is 5.72. The number of aromatic nitrogens is 1. The fraction of sp³-hybridized carbons (Fsp3) is 0.545. The molecule has 0 radical (unpaired) electrons. The van der Waals surface area contributed by atoms with Gasteiger partial charge in [-0.2, -0.15) is 0 Å². The van der Waals surface area contributed by atoms with Crippen LogP contribution in [-0.4, -0.2) is 28.6 Å². The normalized spacial score (nSPS) is 10.1. The van der Waals surface area contributed by atoms with Crippen molar-refractivity contribution in [3.8, 4) is 0 Å². The highest BCUT2D eigenvalue weighted by atomic mass is 32.1. The fourth-order valence-corrected chi connectivity index (χ4v) is 2.05. The second-order valence-electron chi connectivity index (χ2n) is 3.81. The van der Waals surface area contributed by atoms with Gasteiger partial charge in [0.2, 0.25) is 0 Å². The Morgan fingerprint density at radius 2 is 2.17 bits per heavy atom. The molecule has 100 valence electrons. The number of carbonyl (C=O) groups is 2. The summed E-state index contributed by atoms with van der Waals surface area (Å²) in [7, 11) is 0. The lowest BCUT2D eigenvalue weighted by Gasteiger charge is -2.05. The molecule has 0 saturated heterocycles. The Bertz CT molecular complexity index is 406. The Morgan fingerprint density at radius 3 is 2.78 bits per heavy atom. The first-order chi connectivity index (χ1) is 8.58. The largest absolute Gasteiger partial charge is 0.481 e. The highest BCUT2D eigenvalue weighted by molar-refractivity contribution is 7.11. The van der Waals surface area contributed by atoms with E-state index in [2.05, 4.69) is 15.6 Å². The van der Waals surface area contributed by atoms with E-state index in [1.165, 1.54) is 0 Å². The number of carboxylic acids is 1. The Kier molecular flexibility index (Phi) is 6.13. The summed E-state index contributed by atoms with van der Waals surface area (Å²) in [5.41, 5.74) is 0. The van der Waals surface area contributed by atoms with Gasteiger partial charge < -0.3 is 15.7 Å². The summed E-state index contributed by atoms with van der Waals surface area (Å²) in [6.07, 6.45) is 3.12. The van der Waals surface area contributed by atoms with Crippen LogP contribution >= 0.6 is 11.3 Å². The van der Waals surface area contributed by atoms with E-state index in [-0.39, 0.29) is 12.5 Å². The summed E-state index contributed by atoms with van der Waals surface area (Å²) < 4.78 is 0. The van der Waals surface area contributed by atoms with E-state index in [1.807, 2.05) is 6.92 Å². The monoisotopic (exact) mass is 271 g/mol. The second kappa shape index (κ2) is 7.65. The SMILES string of the molecule is Cc1ncc(CNC(=O)NCCCCC(=O)O)s1. The molecule has 7 heteroatoms. The molecule has 0 bridgehead atoms. The van der Waals surface area contributed by atoms with E-state index in [0.29, 0.717) is 25.9 Å². The summed E-state index contributed by atoms with van der Waals surface area (Å²) in [4.78, 5) is 26.7. The van der Waals surface area contributed by atoms with Crippen molar-refractivity contribution in [2.45, 2.75) is 32.7 Å². The average molecular weight is 271 g/mol. The number of nitrogens with one attached hydrogen (secondary N) is 2. The molecule has 0 unspecified atom stereocenters. The Balaban J connectivity index is 2.05. The predicted octanol–water partition coefficient (Wildman–Crippen LogP) is 1.51. The number of rotatable bonds is 7. The maximum Gasteiger partial charge on any atom is 0.315 e. The molecule has 18 heavy (non-hydrogen) atoms. The maximum absolute atomic E-state index is 11.4. The van der Waals surface area contributed by atoms with Gasteiger partial charge in [-0.15, -0.1) is 11.3 Å². The van der Waals surface area contributed by atoms with E-state index in [0.717, 1.165) is 9.88 Å². The predicted molar refractivity (Wildman–Crippen MR) is 68.6 cm³/mol. The van der Waals surface area contributed by atoms with Gasteiger partial charge in [0.1, 0.15) is 0 Å². The van der Waals surface area contributed by atoms with Crippen LogP contribution in [0.25, 0.3) is 0 Å². The maximum atomic E-state index is 11.4. The number of carboxylic acid groups (broad SMARTS) is 1. The number of hydrogen-bond donors (Lipinski definition) is 3. The zero-order valence-electron chi connectivity index (χ0n) is 10.2. The van der Waals surface area contributed by atoms with Crippen LogP contribution in [0.1, 0.15) is 29.1 Å². The van der Waals surface area contributed by atoms with Crippen LogP contribution in [0.4, 0.5) is 4.79 Å². The number of urea groups is 1. The summed E-state index contributed by atoms with van der Waals surface area (Å²) in [5, 5.41) is 14.8. The number of unbranched alkanes of at least 4 members (excludes halogenated alkanes) is 1. The van der Waals surface area contributed by atoms with Crippen molar-refractivity contribution in [2.75, 3.05) is 6.54 Å². The minimum atomic E-state index is -0.806. The third kappa shape index (κ3) is 6.19. The van der Waals surface area contributed by atoms with Crippen molar-refractivity contribution in [1.29, 1.82) is 0 Å². The van der Waals surface area contributed by atoms with Gasteiger partial charge >= 0.3 is 12.0 Å². The van der Waals surface area contributed by atoms with Crippen LogP contribution in [-0.2, 0) is 11.3 Å².